The first kappa shape index (κ1) is 13.0. The summed E-state index contributed by atoms with van der Waals surface area (Å²) < 4.78 is 5.18. The summed E-state index contributed by atoms with van der Waals surface area (Å²) in [5.41, 5.74) is 5.34. The van der Waals surface area contributed by atoms with E-state index in [0.29, 0.717) is 12.4 Å². The summed E-state index contributed by atoms with van der Waals surface area (Å²) in [4.78, 5) is 21.2. The lowest BCUT2D eigenvalue weighted by molar-refractivity contribution is 0.0995. The van der Waals surface area contributed by atoms with Crippen LogP contribution in [-0.2, 0) is 4.74 Å². The number of methoxy groups -OCH3 is 1. The van der Waals surface area contributed by atoms with Gasteiger partial charge in [-0.15, -0.1) is 0 Å². The minimum Gasteiger partial charge on any atom is -0.383 e. The minimum atomic E-state index is -0.608. The third-order valence-electron chi connectivity index (χ3n) is 2.97. The molecule has 1 saturated heterocycles. The molecule has 1 atom stereocenters. The summed E-state index contributed by atoms with van der Waals surface area (Å²) in [5.74, 6) is 0.0198. The molecule has 0 saturated carbocycles. The molecule has 2 N–H and O–H groups in total. The van der Waals surface area contributed by atoms with Crippen molar-refractivity contribution >= 4 is 23.3 Å². The van der Waals surface area contributed by atoms with E-state index in [1.54, 1.807) is 13.2 Å². The summed E-state index contributed by atoms with van der Waals surface area (Å²) >= 11 is 5.81. The second kappa shape index (κ2) is 5.49. The van der Waals surface area contributed by atoms with Crippen LogP contribution in [0.1, 0.15) is 23.3 Å². The van der Waals surface area contributed by atoms with Crippen molar-refractivity contribution < 1.29 is 9.53 Å². The monoisotopic (exact) mass is 270 g/mol. The van der Waals surface area contributed by atoms with E-state index in [9.17, 15) is 4.79 Å². The third-order valence-corrected chi connectivity index (χ3v) is 3.14. The number of ether oxygens (including phenoxy) is 1. The number of hydrogen-bond acceptors (Lipinski definition) is 5. The highest BCUT2D eigenvalue weighted by atomic mass is 35.5. The lowest BCUT2D eigenvalue weighted by Gasteiger charge is -2.25. The van der Waals surface area contributed by atoms with Crippen LogP contribution >= 0.6 is 11.6 Å². The van der Waals surface area contributed by atoms with Gasteiger partial charge in [0.05, 0.1) is 12.6 Å². The first-order chi connectivity index (χ1) is 8.61. The Balaban J connectivity index is 2.29. The van der Waals surface area contributed by atoms with Gasteiger partial charge >= 0.3 is 0 Å². The van der Waals surface area contributed by atoms with Crippen LogP contribution in [0.25, 0.3) is 0 Å². The lowest BCUT2D eigenvalue weighted by atomic mass is 10.2. The average molecular weight is 271 g/mol. The first-order valence-corrected chi connectivity index (χ1v) is 6.09. The second-order valence-corrected chi connectivity index (χ2v) is 4.53. The largest absolute Gasteiger partial charge is 0.383 e. The molecule has 0 unspecified atom stereocenters. The molecule has 1 aliphatic heterocycles. The van der Waals surface area contributed by atoms with Crippen molar-refractivity contribution in [3.05, 3.63) is 17.0 Å². The van der Waals surface area contributed by atoms with Crippen molar-refractivity contribution in [3.8, 4) is 0 Å². The number of anilines is 1. The molecule has 98 valence electrons. The normalized spacial score (nSPS) is 19.2. The third kappa shape index (κ3) is 2.70. The van der Waals surface area contributed by atoms with Gasteiger partial charge in [0.25, 0.3) is 5.91 Å². The van der Waals surface area contributed by atoms with E-state index in [0.717, 1.165) is 19.4 Å². The highest BCUT2D eigenvalue weighted by Gasteiger charge is 2.26. The van der Waals surface area contributed by atoms with Crippen molar-refractivity contribution in [2.45, 2.75) is 18.9 Å². The first-order valence-electron chi connectivity index (χ1n) is 5.72. The van der Waals surface area contributed by atoms with Crippen LogP contribution in [0.4, 0.5) is 5.82 Å². The van der Waals surface area contributed by atoms with Gasteiger partial charge in [-0.1, -0.05) is 0 Å². The van der Waals surface area contributed by atoms with Gasteiger partial charge in [-0.3, -0.25) is 4.79 Å². The fourth-order valence-electron chi connectivity index (χ4n) is 2.18. The van der Waals surface area contributed by atoms with Gasteiger partial charge < -0.3 is 15.4 Å². The molecule has 7 heteroatoms. The molecule has 2 rings (SSSR count). The minimum absolute atomic E-state index is 0.0318. The lowest BCUT2D eigenvalue weighted by Crippen LogP contribution is -2.33. The zero-order valence-corrected chi connectivity index (χ0v) is 10.9. The van der Waals surface area contributed by atoms with Gasteiger partial charge in [-0.2, -0.15) is 0 Å². The molecule has 1 fully saturated rings. The molecule has 1 aliphatic rings. The van der Waals surface area contributed by atoms with Crippen molar-refractivity contribution in [1.29, 1.82) is 0 Å². The Labute approximate surface area is 110 Å². The molecular weight excluding hydrogens is 256 g/mol. The fraction of sp³-hybridized carbons (Fsp3) is 0.545. The Kier molecular flexibility index (Phi) is 3.98. The molecule has 0 radical (unpaired) electrons. The molecule has 0 aliphatic carbocycles. The van der Waals surface area contributed by atoms with Crippen LogP contribution in [-0.4, -0.2) is 42.2 Å². The Bertz CT molecular complexity index is 455. The molecule has 2 heterocycles. The smallest absolute Gasteiger partial charge is 0.267 e. The van der Waals surface area contributed by atoms with Gasteiger partial charge in [0, 0.05) is 19.7 Å². The molecule has 1 aromatic heterocycles. The van der Waals surface area contributed by atoms with Crippen LogP contribution in [0.2, 0.25) is 5.28 Å². The number of nitrogens with two attached hydrogens (primary N) is 1. The molecule has 0 spiro atoms. The van der Waals surface area contributed by atoms with E-state index in [4.69, 9.17) is 22.1 Å². The second-order valence-electron chi connectivity index (χ2n) is 4.19. The summed E-state index contributed by atoms with van der Waals surface area (Å²) in [6.07, 6.45) is 2.09. The summed E-state index contributed by atoms with van der Waals surface area (Å²) in [7, 11) is 1.66. The summed E-state index contributed by atoms with van der Waals surface area (Å²) in [6.45, 7) is 1.48. The number of nitrogens with zero attached hydrogens (tertiary/aromatic N) is 3. The number of hydrogen-bond donors (Lipinski definition) is 1. The van der Waals surface area contributed by atoms with Crippen molar-refractivity contribution in [3.63, 3.8) is 0 Å². The predicted octanol–water partition coefficient (Wildman–Crippen LogP) is 0.844. The van der Waals surface area contributed by atoms with E-state index in [2.05, 4.69) is 14.9 Å². The zero-order valence-electron chi connectivity index (χ0n) is 10.1. The van der Waals surface area contributed by atoms with Crippen molar-refractivity contribution in [2.24, 2.45) is 5.73 Å². The zero-order chi connectivity index (χ0) is 13.1. The topological polar surface area (TPSA) is 81.3 Å². The Morgan fingerprint density at radius 3 is 3.11 bits per heavy atom. The molecule has 18 heavy (non-hydrogen) atoms. The number of carbonyl (C=O) groups excluding carboxylic acids is 1. The van der Waals surface area contributed by atoms with Gasteiger partial charge in [0.2, 0.25) is 5.28 Å². The van der Waals surface area contributed by atoms with Gasteiger partial charge in [-0.25, -0.2) is 9.97 Å². The van der Waals surface area contributed by atoms with Crippen LogP contribution in [0.15, 0.2) is 6.07 Å². The van der Waals surface area contributed by atoms with Crippen LogP contribution in [0, 0.1) is 0 Å². The van der Waals surface area contributed by atoms with Gasteiger partial charge in [-0.05, 0) is 24.4 Å². The molecule has 1 aromatic rings. The molecular formula is C11H15ClN4O2. The Morgan fingerprint density at radius 1 is 1.67 bits per heavy atom. The SMILES string of the molecule is COC[C@@H]1CCCN1c1cc(C(N)=O)nc(Cl)n1. The Morgan fingerprint density at radius 2 is 2.44 bits per heavy atom. The van der Waals surface area contributed by atoms with Crippen molar-refractivity contribution in [1.82, 2.24) is 9.97 Å². The van der Waals surface area contributed by atoms with Gasteiger partial charge in [0.1, 0.15) is 11.5 Å². The van der Waals surface area contributed by atoms with Crippen LogP contribution in [0.3, 0.4) is 0 Å². The molecule has 0 aromatic carbocycles. The maximum Gasteiger partial charge on any atom is 0.267 e. The van der Waals surface area contributed by atoms with E-state index < -0.39 is 5.91 Å². The number of aromatic nitrogens is 2. The van der Waals surface area contributed by atoms with Crippen LogP contribution in [0.5, 0.6) is 0 Å². The highest BCUT2D eigenvalue weighted by molar-refractivity contribution is 6.28. The number of halogens is 1. The average Bonchev–Trinajstić information content (AvgIpc) is 2.77. The number of primary amides is 1. The molecule has 0 bridgehead atoms. The van der Waals surface area contributed by atoms with E-state index in [-0.39, 0.29) is 17.0 Å². The maximum atomic E-state index is 11.2. The molecule has 1 amide bonds. The van der Waals surface area contributed by atoms with Crippen LogP contribution < -0.4 is 10.6 Å². The van der Waals surface area contributed by atoms with E-state index in [1.807, 2.05) is 0 Å². The highest BCUT2D eigenvalue weighted by Crippen LogP contribution is 2.25. The molecule has 6 nitrogen and oxygen atoms in total. The van der Waals surface area contributed by atoms with Crippen molar-refractivity contribution in [2.75, 3.05) is 25.2 Å². The summed E-state index contributed by atoms with van der Waals surface area (Å²) in [6, 6.07) is 1.82. The van der Waals surface area contributed by atoms with Gasteiger partial charge in [0.15, 0.2) is 0 Å². The number of amides is 1. The standard InChI is InChI=1S/C11H15ClN4O2/c1-18-6-7-3-2-4-16(7)9-5-8(10(13)17)14-11(12)15-9/h5,7H,2-4,6H2,1H3,(H2,13,17)/t7-/m0/s1. The Hall–Kier alpha value is -1.40. The van der Waals surface area contributed by atoms with E-state index in [1.165, 1.54) is 0 Å². The quantitative estimate of drug-likeness (QED) is 0.820. The van der Waals surface area contributed by atoms with E-state index >= 15 is 0 Å². The predicted molar refractivity (Wildman–Crippen MR) is 67.8 cm³/mol. The summed E-state index contributed by atoms with van der Waals surface area (Å²) in [5, 5.41) is 0.0318. The number of carbonyl (C=O) groups is 1. The maximum absolute atomic E-state index is 11.2. The number of rotatable bonds is 4. The fourth-order valence-corrected chi connectivity index (χ4v) is 2.36.